The van der Waals surface area contributed by atoms with Crippen molar-refractivity contribution in [3.05, 3.63) is 295 Å². The summed E-state index contributed by atoms with van der Waals surface area (Å²) < 4.78 is 42.0. The van der Waals surface area contributed by atoms with Gasteiger partial charge in [0.1, 0.15) is 35.2 Å². The third kappa shape index (κ3) is 15.6. The summed E-state index contributed by atoms with van der Waals surface area (Å²) in [4.78, 5) is 22.9. The molecule has 0 aliphatic rings. The van der Waals surface area contributed by atoms with Gasteiger partial charge < -0.3 is 22.1 Å². The molecule has 0 aliphatic carbocycles. The second-order valence-electron chi connectivity index (χ2n) is 34.8. The third-order valence-corrected chi connectivity index (χ3v) is 24.6. The minimum Gasteiger partial charge on any atom is -0.437 e. The minimum atomic E-state index is 0.483. The van der Waals surface area contributed by atoms with Crippen LogP contribution in [0.25, 0.3) is 167 Å². The van der Waals surface area contributed by atoms with E-state index in [1.54, 1.807) is 0 Å². The van der Waals surface area contributed by atoms with Gasteiger partial charge in [-0.15, -0.1) is 0 Å². The fraction of sp³-hybridized carbons (Fsp3) is 0.259. The topological polar surface area (TPSA) is 150 Å². The molecule has 5 aromatic carbocycles. The molecule has 0 bridgehead atoms. The Bertz CT molecular complexity index is 7670. The lowest BCUT2D eigenvalue weighted by Gasteiger charge is -2.10. The zero-order valence-corrected chi connectivity index (χ0v) is 76.1. The summed E-state index contributed by atoms with van der Waals surface area (Å²) in [5, 5.41) is 11.1. The average Bonchev–Trinajstić information content (AvgIpc) is 1.62. The first kappa shape index (κ1) is 83.3. The molecular formula is C108H111N10O5+5. The van der Waals surface area contributed by atoms with Crippen LogP contribution < -0.4 is 22.8 Å². The van der Waals surface area contributed by atoms with Crippen molar-refractivity contribution < 1.29 is 44.9 Å². The number of benzene rings is 5. The van der Waals surface area contributed by atoms with Gasteiger partial charge in [0.25, 0.3) is 0 Å². The van der Waals surface area contributed by atoms with Crippen LogP contribution in [0.2, 0.25) is 0 Å². The van der Waals surface area contributed by atoms with E-state index in [-0.39, 0.29) is 0 Å². The Morgan fingerprint density at radius 1 is 0.228 bits per heavy atom. The number of rotatable bonds is 7. The third-order valence-electron chi connectivity index (χ3n) is 24.6. The van der Waals surface area contributed by atoms with Crippen molar-refractivity contribution in [2.45, 2.75) is 157 Å². The van der Waals surface area contributed by atoms with Crippen LogP contribution in [-0.4, -0.2) is 24.9 Å². The monoisotopic (exact) mass is 1630 g/mol. The van der Waals surface area contributed by atoms with Crippen molar-refractivity contribution in [2.24, 2.45) is 35.2 Å². The van der Waals surface area contributed by atoms with E-state index in [1.165, 1.54) is 106 Å². The number of hydrogen-bond donors (Lipinski definition) is 0. The van der Waals surface area contributed by atoms with Crippen LogP contribution in [0.15, 0.2) is 211 Å². The van der Waals surface area contributed by atoms with Gasteiger partial charge in [-0.2, -0.15) is 0 Å². The molecule has 0 saturated heterocycles. The van der Waals surface area contributed by atoms with Crippen LogP contribution in [0.4, 0.5) is 0 Å². The van der Waals surface area contributed by atoms with Gasteiger partial charge in [-0.05, 0) is 257 Å². The lowest BCUT2D eigenvalue weighted by molar-refractivity contribution is -0.660. The zero-order chi connectivity index (χ0) is 87.3. The lowest BCUT2D eigenvalue weighted by Crippen LogP contribution is -2.31. The molecule has 0 N–H and O–H groups in total. The standard InChI is InChI=1S/C23H25N2O.2C22H23N2O.C21H21N2O.C20H19N2O/c1-13(2)17-9-10-25(6)19(12-17)21-15(4)11-14(3)20-18-8-7-16(5)24-23(18)26-22(20)21;1-12-10-18(24(6)11-15(12)4)20-14(3)9-13(2)19-17-8-7-16(5)23-22(17)25-21(19)20;1-13(2)16-10-11-24(5)19(12-16)20-14(3)6-8-17-18-9-7-15(4)23-22(18)25-21(17)20;1-12-6-8-16-17-9-7-15(4)22-21(17)24-20(16)19(12)18-10-13(2)14(3)11-23(18)5;1-12-5-10-17(22(4)11-12)18-13(2)6-8-15-16-9-7-14(3)21-20(16)23-19(15)18/h7-13H,1-6H3;7-11H,1-6H3;6-13H,1-5H3;6-11H,1-5H3;5-11H,1-4H3/q5*+1. The maximum atomic E-state index is 6.31. The molecule has 0 spiro atoms. The van der Waals surface area contributed by atoms with Gasteiger partial charge >= 0.3 is 0 Å². The number of hydrogen-bond acceptors (Lipinski definition) is 10. The zero-order valence-electron chi connectivity index (χ0n) is 76.1. The largest absolute Gasteiger partial charge is 0.437 e. The highest BCUT2D eigenvalue weighted by molar-refractivity contribution is 6.14. The van der Waals surface area contributed by atoms with E-state index in [1.807, 2.05) is 58.9 Å². The highest BCUT2D eigenvalue weighted by atomic mass is 16.4. The Labute approximate surface area is 719 Å². The molecule has 15 heteroatoms. The summed E-state index contributed by atoms with van der Waals surface area (Å²) >= 11 is 0. The summed E-state index contributed by atoms with van der Waals surface area (Å²) in [6.45, 7) is 44.6. The van der Waals surface area contributed by atoms with Gasteiger partial charge in [0.2, 0.25) is 57.0 Å². The molecule has 618 valence electrons. The maximum absolute atomic E-state index is 6.31. The number of pyridine rings is 10. The number of furan rings is 5. The van der Waals surface area contributed by atoms with E-state index in [0.717, 1.165) is 150 Å². The molecule has 0 radical (unpaired) electrons. The number of aromatic nitrogens is 10. The molecular weight excluding hydrogens is 1520 g/mol. The Balaban J connectivity index is 0.000000114. The molecule has 20 rings (SSSR count). The summed E-state index contributed by atoms with van der Waals surface area (Å²) in [7, 11) is 10.4. The van der Waals surface area contributed by atoms with Crippen molar-refractivity contribution in [1.82, 2.24) is 24.9 Å². The minimum absolute atomic E-state index is 0.483. The first-order valence-electron chi connectivity index (χ1n) is 42.6. The molecule has 0 saturated carbocycles. The molecule has 0 atom stereocenters. The van der Waals surface area contributed by atoms with Gasteiger partial charge in [0.05, 0.1) is 27.8 Å². The van der Waals surface area contributed by atoms with Gasteiger partial charge in [-0.25, -0.2) is 47.8 Å². The van der Waals surface area contributed by atoms with Gasteiger partial charge in [-0.1, -0.05) is 76.2 Å². The summed E-state index contributed by atoms with van der Waals surface area (Å²) in [5.41, 5.74) is 42.2. The fourth-order valence-electron chi connectivity index (χ4n) is 17.6. The normalized spacial score (nSPS) is 11.6. The van der Waals surface area contributed by atoms with Crippen LogP contribution >= 0.6 is 0 Å². The molecule has 0 amide bonds. The number of aryl methyl sites for hydroxylation is 22. The molecule has 0 aliphatic heterocycles. The van der Waals surface area contributed by atoms with Crippen LogP contribution in [0, 0.1) is 118 Å². The molecule has 20 aromatic rings. The SMILES string of the molecule is Cc1ccc(-c2c(C)ccc3c2oc2nc(C)ccc23)[n+](C)c1.Cc1ccc2c(n1)oc1c(-c3cc(C(C)C)cc[n+]3C)c(C)cc(C)c12.Cc1ccc2c(n1)oc1c(-c3cc(C(C)C)cc[n+]3C)c(C)ccc12.Cc1ccc2c(n1)oc1c(-c3cc(C)c(C)c[n+]3C)c(C)cc(C)c12.Cc1ccc2c(n1)oc1c(-c3cc(C)c(C)c[n+]3C)c(C)ccc12. The predicted molar refractivity (Wildman–Crippen MR) is 499 cm³/mol. The van der Waals surface area contributed by atoms with Crippen LogP contribution in [0.3, 0.4) is 0 Å². The Morgan fingerprint density at radius 2 is 0.512 bits per heavy atom. The highest BCUT2D eigenvalue weighted by Gasteiger charge is 2.30. The van der Waals surface area contributed by atoms with Crippen molar-refractivity contribution >= 4 is 110 Å². The quantitative estimate of drug-likeness (QED) is 0.141. The van der Waals surface area contributed by atoms with Crippen LogP contribution in [0.1, 0.15) is 146 Å². The van der Waals surface area contributed by atoms with Crippen molar-refractivity contribution in [1.29, 1.82) is 0 Å². The summed E-state index contributed by atoms with van der Waals surface area (Å²) in [6, 6.07) is 55.9. The van der Waals surface area contributed by atoms with E-state index >= 15 is 0 Å². The molecule has 123 heavy (non-hydrogen) atoms. The first-order valence-corrected chi connectivity index (χ1v) is 42.6. The number of nitrogens with zero attached hydrogens (tertiary/aromatic N) is 10. The highest BCUT2D eigenvalue weighted by Crippen LogP contribution is 2.44. The molecule has 15 aromatic heterocycles. The second-order valence-corrected chi connectivity index (χ2v) is 34.8. The molecule has 15 heterocycles. The lowest BCUT2D eigenvalue weighted by atomic mass is 9.95. The van der Waals surface area contributed by atoms with Gasteiger partial charge in [-0.3, -0.25) is 0 Å². The van der Waals surface area contributed by atoms with Crippen LogP contribution in [0.5, 0.6) is 0 Å². The van der Waals surface area contributed by atoms with E-state index < -0.39 is 0 Å². The summed E-state index contributed by atoms with van der Waals surface area (Å²) in [5.74, 6) is 0.968. The van der Waals surface area contributed by atoms with Gasteiger partial charge in [0, 0.05) is 141 Å². The second kappa shape index (κ2) is 32.9. The first-order chi connectivity index (χ1) is 58.7. The molecule has 15 nitrogen and oxygen atoms in total. The maximum Gasteiger partial charge on any atom is 0.227 e. The smallest absolute Gasteiger partial charge is 0.227 e. The van der Waals surface area contributed by atoms with E-state index in [9.17, 15) is 0 Å². The van der Waals surface area contributed by atoms with Crippen molar-refractivity contribution in [3.63, 3.8) is 0 Å². The summed E-state index contributed by atoms with van der Waals surface area (Å²) in [6.07, 6.45) is 10.8. The van der Waals surface area contributed by atoms with E-state index in [4.69, 9.17) is 22.1 Å². The Kier molecular flexibility index (Phi) is 22.2. The Hall–Kier alpha value is -13.4. The van der Waals surface area contributed by atoms with E-state index in [2.05, 4.69) is 358 Å². The average molecular weight is 1630 g/mol. The molecule has 0 unspecified atom stereocenters. The predicted octanol–water partition coefficient (Wildman–Crippen LogP) is 24.9. The fourth-order valence-corrected chi connectivity index (χ4v) is 17.6. The van der Waals surface area contributed by atoms with Gasteiger partial charge in [0.15, 0.2) is 58.9 Å². The number of fused-ring (bicyclic) bond motifs is 15. The van der Waals surface area contributed by atoms with Crippen molar-refractivity contribution in [3.8, 4) is 56.3 Å². The van der Waals surface area contributed by atoms with E-state index in [0.29, 0.717) is 29.0 Å². The molecule has 0 fully saturated rings. The Morgan fingerprint density at radius 3 is 0.846 bits per heavy atom. The van der Waals surface area contributed by atoms with Crippen molar-refractivity contribution in [2.75, 3.05) is 0 Å². The van der Waals surface area contributed by atoms with Crippen LogP contribution in [-0.2, 0) is 35.2 Å².